The predicted octanol–water partition coefficient (Wildman–Crippen LogP) is 2.50. The molecule has 1 rings (SSSR count). The van der Waals surface area contributed by atoms with E-state index >= 15 is 0 Å². The lowest BCUT2D eigenvalue weighted by molar-refractivity contribution is -0.114. The molecule has 0 unspecified atom stereocenters. The zero-order valence-corrected chi connectivity index (χ0v) is 14.0. The summed E-state index contributed by atoms with van der Waals surface area (Å²) in [7, 11) is -3.77. The van der Waals surface area contributed by atoms with Gasteiger partial charge in [-0.3, -0.25) is 4.79 Å². The van der Waals surface area contributed by atoms with Crippen molar-refractivity contribution in [1.82, 2.24) is 4.72 Å². The summed E-state index contributed by atoms with van der Waals surface area (Å²) in [4.78, 5) is 11.8. The van der Waals surface area contributed by atoms with Crippen LogP contribution in [0.5, 0.6) is 0 Å². The van der Waals surface area contributed by atoms with Gasteiger partial charge in [-0.1, -0.05) is 38.5 Å². The molecule has 22 heavy (non-hydrogen) atoms. The molecular weight excluding hydrogens is 300 g/mol. The van der Waals surface area contributed by atoms with Crippen molar-refractivity contribution in [2.45, 2.75) is 33.4 Å². The average molecular weight is 320 g/mol. The van der Waals surface area contributed by atoms with Gasteiger partial charge in [-0.15, -0.1) is 0 Å². The first-order chi connectivity index (χ1) is 10.0. The quantitative estimate of drug-likeness (QED) is 0.863. The second-order valence-electron chi connectivity index (χ2n) is 6.11. The minimum Gasteiger partial charge on any atom is -0.269 e. The van der Waals surface area contributed by atoms with Gasteiger partial charge < -0.3 is 0 Å². The van der Waals surface area contributed by atoms with Crippen molar-refractivity contribution in [3.8, 4) is 6.07 Å². The Morgan fingerprint density at radius 3 is 2.27 bits per heavy atom. The second-order valence-corrected chi connectivity index (χ2v) is 7.83. The molecule has 0 atom stereocenters. The second kappa shape index (κ2) is 6.75. The number of hydrogen-bond donors (Lipinski definition) is 1. The molecule has 1 aromatic carbocycles. The van der Waals surface area contributed by atoms with Gasteiger partial charge in [0.25, 0.3) is 5.91 Å². The van der Waals surface area contributed by atoms with Gasteiger partial charge in [0.05, 0.1) is 17.4 Å². The van der Waals surface area contributed by atoms with E-state index in [1.807, 2.05) is 31.6 Å². The van der Waals surface area contributed by atoms with Gasteiger partial charge in [-0.25, -0.2) is 13.1 Å². The number of carbonyl (C=O) groups is 1. The van der Waals surface area contributed by atoms with Crippen molar-refractivity contribution in [3.05, 3.63) is 47.0 Å². The Morgan fingerprint density at radius 1 is 1.27 bits per heavy atom. The summed E-state index contributed by atoms with van der Waals surface area (Å²) in [6, 6.07) is 8.14. The minimum atomic E-state index is -3.77. The fourth-order valence-electron chi connectivity index (χ4n) is 1.53. The Bertz CT molecular complexity index is 718. The Labute approximate surface area is 131 Å². The summed E-state index contributed by atoms with van der Waals surface area (Å²) in [6.07, 6.45) is 1.30. The lowest BCUT2D eigenvalue weighted by atomic mass is 9.87. The van der Waals surface area contributed by atoms with Gasteiger partial charge >= 0.3 is 0 Å². The van der Waals surface area contributed by atoms with E-state index in [4.69, 9.17) is 5.26 Å². The number of nitriles is 1. The summed E-state index contributed by atoms with van der Waals surface area (Å²) in [5.74, 6) is -0.964. The number of nitrogens with one attached hydrogen (secondary N) is 1. The Kier molecular flexibility index (Phi) is 5.50. The maximum atomic E-state index is 12.0. The number of rotatable bonds is 4. The molecule has 0 aliphatic carbocycles. The van der Waals surface area contributed by atoms with Crippen LogP contribution >= 0.6 is 0 Å². The molecule has 0 aliphatic heterocycles. The van der Waals surface area contributed by atoms with E-state index in [9.17, 15) is 13.2 Å². The first kappa shape index (κ1) is 17.9. The van der Waals surface area contributed by atoms with Gasteiger partial charge in [0.2, 0.25) is 10.0 Å². The van der Waals surface area contributed by atoms with Crippen LogP contribution in [0.25, 0.3) is 0 Å². The summed E-state index contributed by atoms with van der Waals surface area (Å²) in [5, 5.41) is 8.70. The third-order valence-electron chi connectivity index (χ3n) is 3.23. The number of allylic oxidation sites excluding steroid dienone is 1. The zero-order chi connectivity index (χ0) is 17.0. The SMILES string of the molecule is C/C(=C\C(=O)NS(=O)(=O)Cc1ccc(C#N)cc1)C(C)(C)C. The zero-order valence-electron chi connectivity index (χ0n) is 13.2. The molecule has 5 nitrogen and oxygen atoms in total. The molecule has 0 spiro atoms. The molecule has 118 valence electrons. The highest BCUT2D eigenvalue weighted by Crippen LogP contribution is 2.23. The molecule has 1 aromatic rings. The summed E-state index contributed by atoms with van der Waals surface area (Å²) in [5.41, 5.74) is 1.55. The Balaban J connectivity index is 2.79. The molecule has 0 aliphatic rings. The lowest BCUT2D eigenvalue weighted by Gasteiger charge is -2.19. The van der Waals surface area contributed by atoms with Crippen LogP contribution in [0.4, 0.5) is 0 Å². The normalized spacial score (nSPS) is 12.6. The largest absolute Gasteiger partial charge is 0.269 e. The monoisotopic (exact) mass is 320 g/mol. The Morgan fingerprint density at radius 2 is 1.82 bits per heavy atom. The molecular formula is C16H20N2O3S. The molecule has 1 amide bonds. The van der Waals surface area contributed by atoms with Gasteiger partial charge in [0.15, 0.2) is 0 Å². The van der Waals surface area contributed by atoms with E-state index < -0.39 is 15.9 Å². The number of amides is 1. The van der Waals surface area contributed by atoms with Gasteiger partial charge in [0.1, 0.15) is 0 Å². The topological polar surface area (TPSA) is 87.0 Å². The summed E-state index contributed by atoms with van der Waals surface area (Å²) < 4.78 is 26.0. The number of nitrogens with zero attached hydrogens (tertiary/aromatic N) is 1. The lowest BCUT2D eigenvalue weighted by Crippen LogP contribution is -2.30. The van der Waals surface area contributed by atoms with Crippen LogP contribution in [0.2, 0.25) is 0 Å². The van der Waals surface area contributed by atoms with Crippen LogP contribution in [0.3, 0.4) is 0 Å². The van der Waals surface area contributed by atoms with E-state index in [1.165, 1.54) is 18.2 Å². The molecule has 6 heteroatoms. The molecule has 0 saturated carbocycles. The van der Waals surface area contributed by atoms with E-state index in [0.29, 0.717) is 11.1 Å². The fraction of sp³-hybridized carbons (Fsp3) is 0.375. The number of carbonyl (C=O) groups excluding carboxylic acids is 1. The van der Waals surface area contributed by atoms with Crippen molar-refractivity contribution in [3.63, 3.8) is 0 Å². The first-order valence-corrected chi connectivity index (χ1v) is 8.41. The third-order valence-corrected chi connectivity index (χ3v) is 4.45. The molecule has 0 saturated heterocycles. The molecule has 0 aromatic heterocycles. The highest BCUT2D eigenvalue weighted by molar-refractivity contribution is 7.89. The van der Waals surface area contributed by atoms with E-state index in [-0.39, 0.29) is 11.2 Å². The van der Waals surface area contributed by atoms with E-state index in [2.05, 4.69) is 0 Å². The molecule has 0 heterocycles. The predicted molar refractivity (Wildman–Crippen MR) is 85.1 cm³/mol. The number of benzene rings is 1. The molecule has 0 bridgehead atoms. The Hall–Kier alpha value is -2.13. The first-order valence-electron chi connectivity index (χ1n) is 6.76. The fourth-order valence-corrected chi connectivity index (χ4v) is 2.60. The molecule has 0 radical (unpaired) electrons. The smallest absolute Gasteiger partial charge is 0.257 e. The average Bonchev–Trinajstić information content (AvgIpc) is 2.37. The van der Waals surface area contributed by atoms with Crippen molar-refractivity contribution in [2.75, 3.05) is 0 Å². The van der Waals surface area contributed by atoms with Crippen molar-refractivity contribution < 1.29 is 13.2 Å². The van der Waals surface area contributed by atoms with Crippen molar-refractivity contribution in [2.24, 2.45) is 5.41 Å². The van der Waals surface area contributed by atoms with Crippen LogP contribution in [-0.4, -0.2) is 14.3 Å². The number of hydrogen-bond acceptors (Lipinski definition) is 4. The van der Waals surface area contributed by atoms with Crippen molar-refractivity contribution in [1.29, 1.82) is 5.26 Å². The van der Waals surface area contributed by atoms with Crippen LogP contribution in [0.1, 0.15) is 38.8 Å². The standard InChI is InChI=1S/C16H20N2O3S/c1-12(16(2,3)4)9-15(19)18-22(20,21)11-14-7-5-13(10-17)6-8-14/h5-9H,11H2,1-4H3,(H,18,19)/b12-9+. The number of sulfonamides is 1. The summed E-state index contributed by atoms with van der Waals surface area (Å²) >= 11 is 0. The minimum absolute atomic E-state index is 0.200. The maximum absolute atomic E-state index is 12.0. The summed E-state index contributed by atoms with van der Waals surface area (Å²) in [6.45, 7) is 7.61. The van der Waals surface area contributed by atoms with Crippen LogP contribution in [0.15, 0.2) is 35.9 Å². The van der Waals surface area contributed by atoms with Crippen molar-refractivity contribution >= 4 is 15.9 Å². The van der Waals surface area contributed by atoms with Gasteiger partial charge in [-0.05, 0) is 30.0 Å². The van der Waals surface area contributed by atoms with E-state index in [1.54, 1.807) is 19.1 Å². The highest BCUT2D eigenvalue weighted by Gasteiger charge is 2.17. The van der Waals surface area contributed by atoms with Crippen LogP contribution in [0, 0.1) is 16.7 Å². The van der Waals surface area contributed by atoms with Crippen LogP contribution in [-0.2, 0) is 20.6 Å². The van der Waals surface area contributed by atoms with Gasteiger partial charge in [-0.2, -0.15) is 5.26 Å². The molecule has 1 N–H and O–H groups in total. The third kappa shape index (κ3) is 5.70. The van der Waals surface area contributed by atoms with Gasteiger partial charge in [0, 0.05) is 6.08 Å². The van der Waals surface area contributed by atoms with Crippen LogP contribution < -0.4 is 4.72 Å². The highest BCUT2D eigenvalue weighted by atomic mass is 32.2. The maximum Gasteiger partial charge on any atom is 0.257 e. The van der Waals surface area contributed by atoms with E-state index in [0.717, 1.165) is 5.57 Å². The molecule has 0 fully saturated rings.